The van der Waals surface area contributed by atoms with Crippen molar-refractivity contribution >= 4 is 23.2 Å². The molecule has 1 fully saturated rings. The summed E-state index contributed by atoms with van der Waals surface area (Å²) in [7, 11) is 0. The van der Waals surface area contributed by atoms with E-state index < -0.39 is 5.60 Å². The van der Waals surface area contributed by atoms with Crippen LogP contribution in [0.4, 0.5) is 0 Å². The van der Waals surface area contributed by atoms with Crippen molar-refractivity contribution in [3.63, 3.8) is 0 Å². The van der Waals surface area contributed by atoms with Crippen molar-refractivity contribution < 1.29 is 5.11 Å². The zero-order chi connectivity index (χ0) is 13.2. The molecule has 1 aromatic rings. The first kappa shape index (κ1) is 14.2. The molecular formula is C15H20Cl2O. The average molecular weight is 287 g/mol. The summed E-state index contributed by atoms with van der Waals surface area (Å²) in [4.78, 5) is 0. The highest BCUT2D eigenvalue weighted by molar-refractivity contribution is 6.33. The second-order valence-electron chi connectivity index (χ2n) is 5.37. The molecule has 1 aliphatic rings. The van der Waals surface area contributed by atoms with Crippen LogP contribution in [0.5, 0.6) is 0 Å². The summed E-state index contributed by atoms with van der Waals surface area (Å²) < 4.78 is 0. The maximum absolute atomic E-state index is 10.9. The Morgan fingerprint density at radius 3 is 2.83 bits per heavy atom. The second kappa shape index (κ2) is 5.81. The van der Waals surface area contributed by atoms with Gasteiger partial charge in [0.05, 0.1) is 5.60 Å². The summed E-state index contributed by atoms with van der Waals surface area (Å²) in [5, 5.41) is 12.3. The van der Waals surface area contributed by atoms with Crippen molar-refractivity contribution in [3.8, 4) is 0 Å². The van der Waals surface area contributed by atoms with Crippen molar-refractivity contribution in [2.45, 2.75) is 51.0 Å². The molecule has 2 unspecified atom stereocenters. The predicted molar refractivity (Wildman–Crippen MR) is 77.4 cm³/mol. The monoisotopic (exact) mass is 286 g/mol. The van der Waals surface area contributed by atoms with Gasteiger partial charge in [-0.3, -0.25) is 0 Å². The molecule has 0 aromatic heterocycles. The lowest BCUT2D eigenvalue weighted by atomic mass is 9.71. The Kier molecular flexibility index (Phi) is 4.58. The largest absolute Gasteiger partial charge is 0.389 e. The number of hydrogen-bond acceptors (Lipinski definition) is 1. The predicted octanol–water partition coefficient (Wildman–Crippen LogP) is 4.87. The number of rotatable bonds is 3. The molecule has 1 aliphatic carbocycles. The molecule has 0 amide bonds. The molecule has 2 rings (SSSR count). The highest BCUT2D eigenvalue weighted by Crippen LogP contribution is 2.39. The number of aliphatic hydroxyl groups is 1. The summed E-state index contributed by atoms with van der Waals surface area (Å²) in [5.74, 6) is 0.376. The normalized spacial score (nSPS) is 28.3. The van der Waals surface area contributed by atoms with Crippen LogP contribution in [0.3, 0.4) is 0 Å². The van der Waals surface area contributed by atoms with Crippen molar-refractivity contribution in [1.82, 2.24) is 0 Å². The van der Waals surface area contributed by atoms with Gasteiger partial charge in [-0.1, -0.05) is 49.4 Å². The van der Waals surface area contributed by atoms with E-state index in [0.29, 0.717) is 22.4 Å². The van der Waals surface area contributed by atoms with Crippen LogP contribution in [0, 0.1) is 5.92 Å². The van der Waals surface area contributed by atoms with Crippen LogP contribution in [0.2, 0.25) is 10.0 Å². The minimum atomic E-state index is -0.610. The van der Waals surface area contributed by atoms with Gasteiger partial charge in [-0.05, 0) is 42.5 Å². The van der Waals surface area contributed by atoms with Crippen LogP contribution < -0.4 is 0 Å². The summed E-state index contributed by atoms with van der Waals surface area (Å²) in [5.41, 5.74) is 0.355. The highest BCUT2D eigenvalue weighted by Gasteiger charge is 2.38. The van der Waals surface area contributed by atoms with Gasteiger partial charge in [-0.15, -0.1) is 0 Å². The Balaban J connectivity index is 2.22. The van der Waals surface area contributed by atoms with Gasteiger partial charge in [0, 0.05) is 16.5 Å². The van der Waals surface area contributed by atoms with E-state index in [1.807, 2.05) is 12.1 Å². The van der Waals surface area contributed by atoms with Gasteiger partial charge in [0.15, 0.2) is 0 Å². The zero-order valence-corrected chi connectivity index (χ0v) is 12.3. The van der Waals surface area contributed by atoms with Gasteiger partial charge in [0.25, 0.3) is 0 Å². The minimum absolute atomic E-state index is 0.376. The molecule has 0 radical (unpaired) electrons. The summed E-state index contributed by atoms with van der Waals surface area (Å²) in [6.07, 6.45) is 5.95. The molecule has 0 aliphatic heterocycles. The third-order valence-electron chi connectivity index (χ3n) is 4.17. The number of benzene rings is 1. The van der Waals surface area contributed by atoms with Crippen molar-refractivity contribution in [2.24, 2.45) is 5.92 Å². The fraction of sp³-hybridized carbons (Fsp3) is 0.600. The molecule has 1 nitrogen and oxygen atoms in total. The van der Waals surface area contributed by atoms with Gasteiger partial charge >= 0.3 is 0 Å². The Morgan fingerprint density at radius 2 is 2.11 bits per heavy atom. The molecular weight excluding hydrogens is 267 g/mol. The maximum Gasteiger partial charge on any atom is 0.0716 e. The van der Waals surface area contributed by atoms with E-state index in [0.717, 1.165) is 31.2 Å². The van der Waals surface area contributed by atoms with E-state index in [4.69, 9.17) is 23.2 Å². The molecule has 100 valence electrons. The lowest BCUT2D eigenvalue weighted by molar-refractivity contribution is -0.0491. The first-order chi connectivity index (χ1) is 8.55. The molecule has 0 saturated heterocycles. The van der Waals surface area contributed by atoms with Crippen LogP contribution >= 0.6 is 23.2 Å². The van der Waals surface area contributed by atoms with Crippen LogP contribution in [-0.2, 0) is 6.42 Å². The molecule has 18 heavy (non-hydrogen) atoms. The zero-order valence-electron chi connectivity index (χ0n) is 10.8. The van der Waals surface area contributed by atoms with Crippen LogP contribution in [0.15, 0.2) is 18.2 Å². The molecule has 0 bridgehead atoms. The molecule has 1 aromatic carbocycles. The van der Waals surface area contributed by atoms with Crippen LogP contribution in [0.1, 0.15) is 44.6 Å². The molecule has 0 spiro atoms. The molecule has 0 heterocycles. The van der Waals surface area contributed by atoms with Crippen LogP contribution in [-0.4, -0.2) is 10.7 Å². The third kappa shape index (κ3) is 3.01. The van der Waals surface area contributed by atoms with E-state index in [1.165, 1.54) is 6.42 Å². The standard InChI is InChI=1S/C15H20Cl2O/c1-2-12-5-3-4-8-15(12,18)10-11-9-13(16)6-7-14(11)17/h6-7,9,12,18H,2-5,8,10H2,1H3. The van der Waals surface area contributed by atoms with E-state index >= 15 is 0 Å². The Labute approximate surface area is 119 Å². The topological polar surface area (TPSA) is 20.2 Å². The van der Waals surface area contributed by atoms with Crippen molar-refractivity contribution in [1.29, 1.82) is 0 Å². The molecule has 2 atom stereocenters. The van der Waals surface area contributed by atoms with E-state index in [9.17, 15) is 5.11 Å². The van der Waals surface area contributed by atoms with Gasteiger partial charge in [-0.2, -0.15) is 0 Å². The quantitative estimate of drug-likeness (QED) is 0.841. The summed E-state index contributed by atoms with van der Waals surface area (Å²) in [6.45, 7) is 2.15. The minimum Gasteiger partial charge on any atom is -0.389 e. The van der Waals surface area contributed by atoms with Gasteiger partial charge < -0.3 is 5.11 Å². The smallest absolute Gasteiger partial charge is 0.0716 e. The maximum atomic E-state index is 10.9. The Bertz CT molecular complexity index is 419. The summed E-state index contributed by atoms with van der Waals surface area (Å²) >= 11 is 12.2. The SMILES string of the molecule is CCC1CCCCC1(O)Cc1cc(Cl)ccc1Cl. The van der Waals surface area contributed by atoms with E-state index in [2.05, 4.69) is 6.92 Å². The summed E-state index contributed by atoms with van der Waals surface area (Å²) in [6, 6.07) is 5.48. The Hall–Kier alpha value is -0.240. The highest BCUT2D eigenvalue weighted by atomic mass is 35.5. The molecule has 1 N–H and O–H groups in total. The Morgan fingerprint density at radius 1 is 1.33 bits per heavy atom. The van der Waals surface area contributed by atoms with Gasteiger partial charge in [0.1, 0.15) is 0 Å². The third-order valence-corrected chi connectivity index (χ3v) is 4.77. The van der Waals surface area contributed by atoms with Crippen LogP contribution in [0.25, 0.3) is 0 Å². The van der Waals surface area contributed by atoms with Crippen molar-refractivity contribution in [3.05, 3.63) is 33.8 Å². The first-order valence-corrected chi connectivity index (χ1v) is 7.47. The second-order valence-corrected chi connectivity index (χ2v) is 6.21. The lowest BCUT2D eigenvalue weighted by Gasteiger charge is -2.40. The van der Waals surface area contributed by atoms with Gasteiger partial charge in [-0.25, -0.2) is 0 Å². The average Bonchev–Trinajstić information content (AvgIpc) is 2.34. The molecule has 3 heteroatoms. The number of hydrogen-bond donors (Lipinski definition) is 1. The van der Waals surface area contributed by atoms with E-state index in [1.54, 1.807) is 6.07 Å². The lowest BCUT2D eigenvalue weighted by Crippen LogP contribution is -2.42. The van der Waals surface area contributed by atoms with Gasteiger partial charge in [0.2, 0.25) is 0 Å². The first-order valence-electron chi connectivity index (χ1n) is 6.71. The fourth-order valence-corrected chi connectivity index (χ4v) is 3.50. The van der Waals surface area contributed by atoms with Crippen molar-refractivity contribution in [2.75, 3.05) is 0 Å². The molecule has 1 saturated carbocycles. The fourth-order valence-electron chi connectivity index (χ4n) is 3.12. The van der Waals surface area contributed by atoms with E-state index in [-0.39, 0.29) is 0 Å². The number of halogens is 2.